The molecule has 5 rings (SSSR count). The van der Waals surface area contributed by atoms with Crippen LogP contribution < -0.4 is 0 Å². The summed E-state index contributed by atoms with van der Waals surface area (Å²) in [4.78, 5) is 24.3. The molecule has 0 aromatic carbocycles. The SMILES string of the molecule is C=S(C)CCOCn1cc(C2=CCN(C(=O)OC(C)(C)C)CC2)c2nc(C3=CCC4(CC3)OCCO4)cnc21. The second-order valence-electron chi connectivity index (χ2n) is 11.4. The van der Waals surface area contributed by atoms with Crippen LogP contribution in [0.5, 0.6) is 0 Å². The molecular weight excluding hydrogens is 516 g/mol. The lowest BCUT2D eigenvalue weighted by molar-refractivity contribution is -0.159. The number of carbonyl (C=O) groups is 1. The molecule has 1 unspecified atom stereocenters. The largest absolute Gasteiger partial charge is 0.444 e. The molecule has 1 saturated heterocycles. The minimum atomic E-state index is -0.518. The van der Waals surface area contributed by atoms with E-state index in [0.717, 1.165) is 53.0 Å². The van der Waals surface area contributed by atoms with E-state index in [-0.39, 0.29) is 16.6 Å². The number of carbonyl (C=O) groups excluding carboxylic acids is 1. The molecule has 1 spiro atoms. The number of hydrogen-bond donors (Lipinski definition) is 0. The monoisotopic (exact) mass is 556 g/mol. The summed E-state index contributed by atoms with van der Waals surface area (Å²) in [6, 6.07) is 0. The van der Waals surface area contributed by atoms with Crippen molar-refractivity contribution in [1.82, 2.24) is 19.4 Å². The molecule has 1 atom stereocenters. The molecule has 10 heteroatoms. The van der Waals surface area contributed by atoms with Gasteiger partial charge in [-0.2, -0.15) is 10.5 Å². The maximum Gasteiger partial charge on any atom is 0.410 e. The lowest BCUT2D eigenvalue weighted by Gasteiger charge is -2.30. The average molecular weight is 557 g/mol. The molecule has 2 aromatic heterocycles. The predicted molar refractivity (Wildman–Crippen MR) is 156 cm³/mol. The Morgan fingerprint density at radius 1 is 1.21 bits per heavy atom. The summed E-state index contributed by atoms with van der Waals surface area (Å²) < 4.78 is 25.3. The first-order valence-corrected chi connectivity index (χ1v) is 15.6. The van der Waals surface area contributed by atoms with Crippen molar-refractivity contribution in [2.24, 2.45) is 0 Å². The van der Waals surface area contributed by atoms with Gasteiger partial charge in [0.05, 0.1) is 31.7 Å². The lowest BCUT2D eigenvalue weighted by atomic mass is 9.92. The van der Waals surface area contributed by atoms with Crippen molar-refractivity contribution in [2.45, 2.75) is 64.6 Å². The smallest absolute Gasteiger partial charge is 0.410 e. The highest BCUT2D eigenvalue weighted by Crippen LogP contribution is 2.38. The standard InChI is InChI=1S/C29H40N4O5S/c1-28(2,3)38-27(34)32-12-8-21(9-13-32)23-19-33(20-35-16-17-39(4)5)26-25(23)31-24(18-30-26)22-6-10-29(11-7-22)36-14-15-37-29/h6,8,18-19H,4,7,9-17,20H2,1-3,5H3. The second-order valence-corrected chi connectivity index (χ2v) is 13.4. The number of amides is 1. The van der Waals surface area contributed by atoms with Crippen LogP contribution in [0.3, 0.4) is 0 Å². The van der Waals surface area contributed by atoms with Crippen LogP contribution in [0.2, 0.25) is 0 Å². The maximum absolute atomic E-state index is 12.6. The van der Waals surface area contributed by atoms with Crippen LogP contribution in [0.25, 0.3) is 22.3 Å². The summed E-state index contributed by atoms with van der Waals surface area (Å²) in [5.74, 6) is 4.53. The molecule has 0 N–H and O–H groups in total. The molecule has 1 fully saturated rings. The summed E-state index contributed by atoms with van der Waals surface area (Å²) in [6.45, 7) is 9.10. The molecule has 39 heavy (non-hydrogen) atoms. The Labute approximate surface area is 233 Å². The number of allylic oxidation sites excluding steroid dienone is 1. The van der Waals surface area contributed by atoms with Crippen molar-refractivity contribution in [1.29, 1.82) is 0 Å². The molecule has 212 valence electrons. The van der Waals surface area contributed by atoms with Crippen LogP contribution in [0.15, 0.2) is 24.5 Å². The maximum atomic E-state index is 12.6. The quantitative estimate of drug-likeness (QED) is 0.348. The number of rotatable bonds is 7. The summed E-state index contributed by atoms with van der Waals surface area (Å²) >= 11 is 0. The van der Waals surface area contributed by atoms with Crippen LogP contribution in [0.1, 0.15) is 57.7 Å². The van der Waals surface area contributed by atoms with Gasteiger partial charge in [-0.25, -0.2) is 14.8 Å². The number of hydrogen-bond acceptors (Lipinski definition) is 7. The first kappa shape index (κ1) is 28.0. The van der Waals surface area contributed by atoms with Gasteiger partial charge in [0.2, 0.25) is 0 Å². The van der Waals surface area contributed by atoms with Crippen LogP contribution >= 0.6 is 10.5 Å². The minimum Gasteiger partial charge on any atom is -0.444 e. The molecule has 9 nitrogen and oxygen atoms in total. The van der Waals surface area contributed by atoms with Crippen LogP contribution in [-0.2, 0) is 25.7 Å². The van der Waals surface area contributed by atoms with Crippen molar-refractivity contribution < 1.29 is 23.7 Å². The summed E-state index contributed by atoms with van der Waals surface area (Å²) in [5, 5.41) is 0. The lowest BCUT2D eigenvalue weighted by Crippen LogP contribution is -2.39. The molecule has 1 aliphatic carbocycles. The molecule has 2 aromatic rings. The molecular formula is C29H40N4O5S. The fourth-order valence-electron chi connectivity index (χ4n) is 5.11. The fourth-order valence-corrected chi connectivity index (χ4v) is 5.51. The molecule has 0 saturated carbocycles. The van der Waals surface area contributed by atoms with Gasteiger partial charge >= 0.3 is 6.09 Å². The van der Waals surface area contributed by atoms with Gasteiger partial charge in [0.15, 0.2) is 11.4 Å². The van der Waals surface area contributed by atoms with Gasteiger partial charge in [-0.1, -0.05) is 18.0 Å². The number of fused-ring (bicyclic) bond motifs is 1. The summed E-state index contributed by atoms with van der Waals surface area (Å²) in [5.41, 5.74) is 5.38. The van der Waals surface area contributed by atoms with Crippen molar-refractivity contribution in [2.75, 3.05) is 44.9 Å². The fraction of sp³-hybridized carbons (Fsp3) is 0.586. The van der Waals surface area contributed by atoms with Gasteiger partial charge in [0, 0.05) is 43.4 Å². The van der Waals surface area contributed by atoms with Gasteiger partial charge < -0.3 is 28.4 Å². The van der Waals surface area contributed by atoms with Gasteiger partial charge in [-0.3, -0.25) is 0 Å². The van der Waals surface area contributed by atoms with Crippen molar-refractivity contribution in [3.05, 3.63) is 35.8 Å². The van der Waals surface area contributed by atoms with E-state index in [1.54, 1.807) is 4.90 Å². The van der Waals surface area contributed by atoms with E-state index < -0.39 is 11.4 Å². The Morgan fingerprint density at radius 2 is 2.00 bits per heavy atom. The number of aromatic nitrogens is 3. The first-order chi connectivity index (χ1) is 18.6. The molecule has 0 radical (unpaired) electrons. The number of ether oxygens (including phenoxy) is 4. The Bertz CT molecular complexity index is 1300. The zero-order valence-corrected chi connectivity index (χ0v) is 24.3. The Kier molecular flexibility index (Phi) is 8.28. The highest BCUT2D eigenvalue weighted by Gasteiger charge is 2.38. The van der Waals surface area contributed by atoms with Crippen molar-refractivity contribution >= 4 is 44.8 Å². The Morgan fingerprint density at radius 3 is 2.64 bits per heavy atom. The Hall–Kier alpha value is -2.53. The third-order valence-corrected chi connectivity index (χ3v) is 8.02. The highest BCUT2D eigenvalue weighted by molar-refractivity contribution is 8.13. The van der Waals surface area contributed by atoms with E-state index in [2.05, 4.69) is 30.5 Å². The van der Waals surface area contributed by atoms with Crippen molar-refractivity contribution in [3.8, 4) is 0 Å². The molecule has 2 aliphatic heterocycles. The third-order valence-electron chi connectivity index (χ3n) is 7.16. The van der Waals surface area contributed by atoms with E-state index >= 15 is 0 Å². The van der Waals surface area contributed by atoms with Gasteiger partial charge in [0.1, 0.15) is 17.8 Å². The molecule has 1 amide bonds. The summed E-state index contributed by atoms with van der Waals surface area (Å²) in [6.07, 6.45) is 13.1. The first-order valence-electron chi connectivity index (χ1n) is 13.6. The zero-order valence-electron chi connectivity index (χ0n) is 23.5. The normalized spacial score (nSPS) is 20.3. The molecule has 0 bridgehead atoms. The van der Waals surface area contributed by atoms with E-state index in [1.165, 1.54) is 5.57 Å². The van der Waals surface area contributed by atoms with Gasteiger partial charge in [0.25, 0.3) is 0 Å². The third kappa shape index (κ3) is 6.62. The van der Waals surface area contributed by atoms with E-state index in [1.807, 2.05) is 31.5 Å². The highest BCUT2D eigenvalue weighted by atomic mass is 32.2. The van der Waals surface area contributed by atoms with E-state index in [9.17, 15) is 4.79 Å². The summed E-state index contributed by atoms with van der Waals surface area (Å²) in [7, 11) is 0.0895. The van der Waals surface area contributed by atoms with E-state index in [4.69, 9.17) is 28.9 Å². The van der Waals surface area contributed by atoms with Crippen LogP contribution in [0, 0.1) is 0 Å². The average Bonchev–Trinajstić information content (AvgIpc) is 3.50. The van der Waals surface area contributed by atoms with Crippen LogP contribution in [-0.4, -0.2) is 87.7 Å². The molecule has 3 aliphatic rings. The topological polar surface area (TPSA) is 87.9 Å². The number of nitrogens with zero attached hydrogens (tertiary/aromatic N) is 4. The minimum absolute atomic E-state index is 0.0895. The van der Waals surface area contributed by atoms with Crippen molar-refractivity contribution in [3.63, 3.8) is 0 Å². The zero-order chi connectivity index (χ0) is 27.6. The predicted octanol–water partition coefficient (Wildman–Crippen LogP) is 5.07. The second kappa shape index (κ2) is 11.5. The van der Waals surface area contributed by atoms with E-state index in [0.29, 0.717) is 46.1 Å². The Balaban J connectivity index is 1.41. The molecule has 4 heterocycles. The van der Waals surface area contributed by atoms with Crippen LogP contribution in [0.4, 0.5) is 4.79 Å². The van der Waals surface area contributed by atoms with Gasteiger partial charge in [-0.05, 0) is 51.0 Å². The van der Waals surface area contributed by atoms with Gasteiger partial charge in [-0.15, -0.1) is 0 Å².